The molecule has 0 spiro atoms. The molecular weight excluding hydrogens is 564 g/mol. The van der Waals surface area contributed by atoms with Crippen molar-refractivity contribution in [2.24, 2.45) is 0 Å². The van der Waals surface area contributed by atoms with Crippen molar-refractivity contribution in [1.29, 1.82) is 0 Å². The van der Waals surface area contributed by atoms with Crippen LogP contribution in [0.15, 0.2) is 164 Å². The summed E-state index contributed by atoms with van der Waals surface area (Å²) >= 11 is 0. The van der Waals surface area contributed by atoms with Crippen LogP contribution in [0.2, 0.25) is 0 Å². The molecule has 3 N–H and O–H groups in total. The van der Waals surface area contributed by atoms with Crippen LogP contribution >= 0.6 is 0 Å². The Morgan fingerprint density at radius 2 is 0.783 bits per heavy atom. The summed E-state index contributed by atoms with van der Waals surface area (Å²) in [5.74, 6) is 8.30. The van der Waals surface area contributed by atoms with Gasteiger partial charge in [-0.25, -0.2) is 0 Å². The summed E-state index contributed by atoms with van der Waals surface area (Å²) in [6.45, 7) is 2.20. The molecule has 0 bridgehead atoms. The van der Waals surface area contributed by atoms with Gasteiger partial charge in [0.25, 0.3) is 0 Å². The van der Waals surface area contributed by atoms with E-state index in [1.54, 1.807) is 36.4 Å². The fraction of sp³-hybridized carbons (Fsp3) is 0.116. The number of aromatic hydroxyl groups is 3. The quantitative estimate of drug-likeness (QED) is 0.121. The Kier molecular flexibility index (Phi) is 8.63. The zero-order valence-electron chi connectivity index (χ0n) is 25.7. The second-order valence-electron chi connectivity index (χ2n) is 11.6. The number of benzene rings is 6. The highest BCUT2D eigenvalue weighted by Gasteiger charge is 2.43. The first-order valence-corrected chi connectivity index (χ1v) is 15.6. The summed E-state index contributed by atoms with van der Waals surface area (Å²) in [6, 6.07) is 52.9. The molecule has 2 atom stereocenters. The predicted molar refractivity (Wildman–Crippen MR) is 185 cm³/mol. The van der Waals surface area contributed by atoms with Crippen LogP contribution in [0.5, 0.6) is 17.2 Å². The SMILES string of the molecule is CCC(c1ccccc1)C(C#CC(c1ccccc1)(c1ccc(O)cc1)c1ccc(O)cc1)(c1ccccc1)c1ccc(O)cc1. The minimum absolute atomic E-state index is 0.0544. The Balaban J connectivity index is 1.77. The molecule has 0 fully saturated rings. The lowest BCUT2D eigenvalue weighted by Gasteiger charge is -2.39. The minimum Gasteiger partial charge on any atom is -0.508 e. The summed E-state index contributed by atoms with van der Waals surface area (Å²) in [6.07, 6.45) is 0.797. The van der Waals surface area contributed by atoms with Crippen LogP contribution in [0.1, 0.15) is 52.6 Å². The van der Waals surface area contributed by atoms with Gasteiger partial charge >= 0.3 is 0 Å². The number of hydrogen-bond donors (Lipinski definition) is 3. The maximum Gasteiger partial charge on any atom is 0.115 e. The van der Waals surface area contributed by atoms with Gasteiger partial charge in [0.2, 0.25) is 0 Å². The Labute approximate surface area is 271 Å². The molecule has 226 valence electrons. The molecule has 0 aromatic heterocycles. The first-order chi connectivity index (χ1) is 22.5. The van der Waals surface area contributed by atoms with Gasteiger partial charge < -0.3 is 15.3 Å². The van der Waals surface area contributed by atoms with E-state index < -0.39 is 10.8 Å². The maximum absolute atomic E-state index is 10.4. The fourth-order valence-corrected chi connectivity index (χ4v) is 6.72. The van der Waals surface area contributed by atoms with E-state index in [4.69, 9.17) is 0 Å². The van der Waals surface area contributed by atoms with E-state index in [1.165, 1.54) is 0 Å². The van der Waals surface area contributed by atoms with Crippen LogP contribution in [0.4, 0.5) is 0 Å². The van der Waals surface area contributed by atoms with E-state index >= 15 is 0 Å². The summed E-state index contributed by atoms with van der Waals surface area (Å²) in [4.78, 5) is 0. The molecule has 2 unspecified atom stereocenters. The van der Waals surface area contributed by atoms with Gasteiger partial charge in [0, 0.05) is 5.92 Å². The van der Waals surface area contributed by atoms with Gasteiger partial charge in [0.1, 0.15) is 22.7 Å². The van der Waals surface area contributed by atoms with Crippen molar-refractivity contribution in [1.82, 2.24) is 0 Å². The summed E-state index contributed by atoms with van der Waals surface area (Å²) in [5, 5.41) is 31.0. The molecule has 0 radical (unpaired) electrons. The van der Waals surface area contributed by atoms with E-state index in [1.807, 2.05) is 78.9 Å². The van der Waals surface area contributed by atoms with Crippen molar-refractivity contribution in [2.75, 3.05) is 0 Å². The first-order valence-electron chi connectivity index (χ1n) is 15.6. The Bertz CT molecular complexity index is 1880. The van der Waals surface area contributed by atoms with Crippen molar-refractivity contribution in [3.05, 3.63) is 197 Å². The van der Waals surface area contributed by atoms with Crippen LogP contribution in [0.25, 0.3) is 0 Å². The summed E-state index contributed by atoms with van der Waals surface area (Å²) in [5.41, 5.74) is 4.09. The van der Waals surface area contributed by atoms with Gasteiger partial charge in [-0.3, -0.25) is 0 Å². The molecular formula is C43H36O3. The minimum atomic E-state index is -0.978. The highest BCUT2D eigenvalue weighted by atomic mass is 16.3. The number of rotatable bonds is 8. The maximum atomic E-state index is 10.4. The van der Waals surface area contributed by atoms with E-state index in [2.05, 4.69) is 67.3 Å². The standard InChI is InChI=1S/C43H36O3/c1-2-41(32-12-6-3-7-13-32)43(34-16-10-5-11-17-34,37-22-28-40(46)29-23-37)31-30-42(33-14-8-4-9-15-33,35-18-24-38(44)25-19-35)36-20-26-39(45)27-21-36/h3-29,41,44-46H,2H2,1H3. The van der Waals surface area contributed by atoms with Crippen molar-refractivity contribution in [2.45, 2.75) is 30.1 Å². The summed E-state index contributed by atoms with van der Waals surface area (Å²) in [7, 11) is 0. The highest BCUT2D eigenvalue weighted by Crippen LogP contribution is 2.48. The number of phenols is 3. The fourth-order valence-electron chi connectivity index (χ4n) is 6.72. The molecule has 0 amide bonds. The monoisotopic (exact) mass is 600 g/mol. The van der Waals surface area contributed by atoms with E-state index in [9.17, 15) is 15.3 Å². The van der Waals surface area contributed by atoms with E-state index in [-0.39, 0.29) is 23.2 Å². The summed E-state index contributed by atoms with van der Waals surface area (Å²) < 4.78 is 0. The molecule has 0 heterocycles. The van der Waals surface area contributed by atoms with Gasteiger partial charge in [-0.2, -0.15) is 0 Å². The molecule has 6 aromatic carbocycles. The number of phenolic OH excluding ortho intramolecular Hbond substituents is 3. The van der Waals surface area contributed by atoms with Crippen LogP contribution < -0.4 is 0 Å². The zero-order chi connectivity index (χ0) is 32.0. The average molecular weight is 601 g/mol. The third-order valence-corrected chi connectivity index (χ3v) is 8.94. The van der Waals surface area contributed by atoms with Crippen LogP contribution in [-0.4, -0.2) is 15.3 Å². The average Bonchev–Trinajstić information content (AvgIpc) is 3.11. The lowest BCUT2D eigenvalue weighted by molar-refractivity contribution is 0.470. The zero-order valence-corrected chi connectivity index (χ0v) is 25.7. The van der Waals surface area contributed by atoms with Crippen LogP contribution in [0.3, 0.4) is 0 Å². The molecule has 0 aliphatic carbocycles. The molecule has 0 aliphatic rings. The normalized spacial score (nSPS) is 13.2. The van der Waals surface area contributed by atoms with E-state index in [0.717, 1.165) is 39.8 Å². The van der Waals surface area contributed by atoms with Crippen LogP contribution in [-0.2, 0) is 10.8 Å². The van der Waals surface area contributed by atoms with Gasteiger partial charge in [0.05, 0.1) is 5.41 Å². The number of hydrogen-bond acceptors (Lipinski definition) is 3. The molecule has 6 rings (SSSR count). The second-order valence-corrected chi connectivity index (χ2v) is 11.6. The first kappa shape index (κ1) is 30.3. The smallest absolute Gasteiger partial charge is 0.115 e. The van der Waals surface area contributed by atoms with Gasteiger partial charge in [0.15, 0.2) is 0 Å². The van der Waals surface area contributed by atoms with Crippen molar-refractivity contribution in [3.8, 4) is 29.1 Å². The van der Waals surface area contributed by atoms with Gasteiger partial charge in [-0.15, -0.1) is 0 Å². The Morgan fingerprint density at radius 3 is 1.22 bits per heavy atom. The molecule has 3 heteroatoms. The molecule has 6 aromatic rings. The Morgan fingerprint density at radius 1 is 0.435 bits per heavy atom. The van der Waals surface area contributed by atoms with Gasteiger partial charge in [-0.1, -0.05) is 146 Å². The molecule has 3 nitrogen and oxygen atoms in total. The molecule has 0 aliphatic heterocycles. The highest BCUT2D eigenvalue weighted by molar-refractivity contribution is 5.62. The molecule has 0 saturated carbocycles. The largest absolute Gasteiger partial charge is 0.508 e. The van der Waals surface area contributed by atoms with Crippen LogP contribution in [0, 0.1) is 11.8 Å². The third kappa shape index (κ3) is 5.62. The predicted octanol–water partition coefficient (Wildman–Crippen LogP) is 9.32. The van der Waals surface area contributed by atoms with Crippen molar-refractivity contribution >= 4 is 0 Å². The van der Waals surface area contributed by atoms with Crippen molar-refractivity contribution < 1.29 is 15.3 Å². The molecule has 0 saturated heterocycles. The van der Waals surface area contributed by atoms with Crippen molar-refractivity contribution in [3.63, 3.8) is 0 Å². The van der Waals surface area contributed by atoms with E-state index in [0.29, 0.717) is 0 Å². The van der Waals surface area contributed by atoms with Gasteiger partial charge in [-0.05, 0) is 76.2 Å². The lowest BCUT2D eigenvalue weighted by atomic mass is 9.61. The Hall–Kier alpha value is -5.72. The second kappa shape index (κ2) is 13.1. The topological polar surface area (TPSA) is 60.7 Å². The lowest BCUT2D eigenvalue weighted by Crippen LogP contribution is -2.35. The third-order valence-electron chi connectivity index (χ3n) is 8.94. The molecule has 46 heavy (non-hydrogen) atoms.